The molecule has 0 saturated carbocycles. The average molecular weight is 275 g/mol. The molecule has 0 aliphatic carbocycles. The summed E-state index contributed by atoms with van der Waals surface area (Å²) in [7, 11) is 0. The molecular weight excluding hydrogens is 256 g/mol. The summed E-state index contributed by atoms with van der Waals surface area (Å²) in [5, 5.41) is 2.91. The van der Waals surface area contributed by atoms with E-state index in [-0.39, 0.29) is 11.6 Å². The van der Waals surface area contributed by atoms with Crippen LogP contribution in [0.3, 0.4) is 0 Å². The molecule has 106 valence electrons. The first-order valence-corrected chi connectivity index (χ1v) is 6.82. The molecule has 0 heterocycles. The summed E-state index contributed by atoms with van der Waals surface area (Å²) in [5.74, 6) is -0.531. The summed E-state index contributed by atoms with van der Waals surface area (Å²) in [5.41, 5.74) is 1.13. The second-order valence-corrected chi connectivity index (χ2v) is 5.24. The highest BCUT2D eigenvalue weighted by Gasteiger charge is 2.17. The van der Waals surface area contributed by atoms with E-state index in [2.05, 4.69) is 19.2 Å². The lowest BCUT2D eigenvalue weighted by Crippen LogP contribution is -2.18. The number of nitrogens with one attached hydrogen (secondary N) is 1. The Kier molecular flexibility index (Phi) is 4.72. The number of hydrogen-bond acceptors (Lipinski definition) is 1. The number of hydrogen-bond donors (Lipinski definition) is 1. The van der Waals surface area contributed by atoms with Crippen molar-refractivity contribution in [3.63, 3.8) is 0 Å². The van der Waals surface area contributed by atoms with Crippen molar-refractivity contribution in [3.8, 4) is 0 Å². The van der Waals surface area contributed by atoms with Crippen LogP contribution < -0.4 is 5.32 Å². The third-order valence-electron chi connectivity index (χ3n) is 3.49. The maximum absolute atomic E-state index is 13.6. The Bertz CT molecular complexity index is 532. The molecule has 3 heteroatoms. The van der Waals surface area contributed by atoms with E-state index < -0.39 is 11.6 Å². The van der Waals surface area contributed by atoms with Gasteiger partial charge in [0.1, 0.15) is 17.3 Å². The van der Waals surface area contributed by atoms with E-state index >= 15 is 0 Å². The third-order valence-corrected chi connectivity index (χ3v) is 3.49. The topological polar surface area (TPSA) is 12.0 Å². The summed E-state index contributed by atoms with van der Waals surface area (Å²) in [4.78, 5) is 0. The van der Waals surface area contributed by atoms with Crippen LogP contribution in [0.1, 0.15) is 25.3 Å². The Morgan fingerprint density at radius 3 is 2.05 bits per heavy atom. The van der Waals surface area contributed by atoms with Crippen molar-refractivity contribution in [1.82, 2.24) is 0 Å². The molecule has 2 rings (SSSR count). The van der Waals surface area contributed by atoms with Crippen LogP contribution >= 0.6 is 0 Å². The summed E-state index contributed by atoms with van der Waals surface area (Å²) < 4.78 is 27.2. The van der Waals surface area contributed by atoms with Gasteiger partial charge in [-0.15, -0.1) is 0 Å². The Labute approximate surface area is 118 Å². The second kappa shape index (κ2) is 6.51. The first kappa shape index (κ1) is 14.5. The molecule has 0 bridgehead atoms. The predicted molar refractivity (Wildman–Crippen MR) is 78.9 cm³/mol. The molecular formula is C17H19F2N. The van der Waals surface area contributed by atoms with Crippen molar-refractivity contribution in [1.29, 1.82) is 0 Å². The van der Waals surface area contributed by atoms with Crippen LogP contribution in [-0.2, 0) is 0 Å². The monoisotopic (exact) mass is 275 g/mol. The van der Waals surface area contributed by atoms with Gasteiger partial charge >= 0.3 is 0 Å². The van der Waals surface area contributed by atoms with Crippen molar-refractivity contribution >= 4 is 5.69 Å². The Morgan fingerprint density at radius 2 is 1.50 bits per heavy atom. The van der Waals surface area contributed by atoms with Gasteiger partial charge in [-0.1, -0.05) is 50.2 Å². The van der Waals surface area contributed by atoms with Crippen LogP contribution in [0.25, 0.3) is 0 Å². The maximum Gasteiger partial charge on any atom is 0.149 e. The van der Waals surface area contributed by atoms with Crippen LogP contribution in [0.4, 0.5) is 14.5 Å². The SMILES string of the molecule is CC(C)C(CNc1c(F)cccc1F)c1ccccc1. The van der Waals surface area contributed by atoms with E-state index in [1.165, 1.54) is 23.8 Å². The van der Waals surface area contributed by atoms with E-state index in [0.29, 0.717) is 12.5 Å². The van der Waals surface area contributed by atoms with Crippen molar-refractivity contribution in [3.05, 3.63) is 65.7 Å². The molecule has 0 radical (unpaired) electrons. The molecule has 1 atom stereocenters. The first-order chi connectivity index (χ1) is 9.59. The zero-order valence-electron chi connectivity index (χ0n) is 11.7. The zero-order chi connectivity index (χ0) is 14.5. The number of para-hydroxylation sites is 1. The molecule has 0 saturated heterocycles. The fourth-order valence-electron chi connectivity index (χ4n) is 2.32. The smallest absolute Gasteiger partial charge is 0.149 e. The van der Waals surface area contributed by atoms with Crippen molar-refractivity contribution in [2.45, 2.75) is 19.8 Å². The van der Waals surface area contributed by atoms with Gasteiger partial charge in [-0.2, -0.15) is 0 Å². The molecule has 1 N–H and O–H groups in total. The first-order valence-electron chi connectivity index (χ1n) is 6.82. The van der Waals surface area contributed by atoms with Gasteiger partial charge in [0.15, 0.2) is 0 Å². The van der Waals surface area contributed by atoms with Crippen LogP contribution in [0.15, 0.2) is 48.5 Å². The summed E-state index contributed by atoms with van der Waals surface area (Å²) >= 11 is 0. The molecule has 0 fully saturated rings. The average Bonchev–Trinajstić information content (AvgIpc) is 2.43. The van der Waals surface area contributed by atoms with Gasteiger partial charge in [-0.3, -0.25) is 0 Å². The molecule has 1 unspecified atom stereocenters. The lowest BCUT2D eigenvalue weighted by molar-refractivity contribution is 0.512. The molecule has 0 amide bonds. The van der Waals surface area contributed by atoms with Crippen molar-refractivity contribution in [2.24, 2.45) is 5.92 Å². The Balaban J connectivity index is 2.15. The minimum absolute atomic E-state index is 0.0471. The molecule has 1 nitrogen and oxygen atoms in total. The fraction of sp³-hybridized carbons (Fsp3) is 0.294. The minimum atomic E-state index is -0.555. The summed E-state index contributed by atoms with van der Waals surface area (Å²) in [6, 6.07) is 13.9. The van der Waals surface area contributed by atoms with Gasteiger partial charge in [0.05, 0.1) is 0 Å². The lowest BCUT2D eigenvalue weighted by Gasteiger charge is -2.22. The Morgan fingerprint density at radius 1 is 0.900 bits per heavy atom. The largest absolute Gasteiger partial charge is 0.380 e. The van der Waals surface area contributed by atoms with E-state index in [1.54, 1.807) is 0 Å². The van der Waals surface area contributed by atoms with Gasteiger partial charge in [0, 0.05) is 12.5 Å². The normalized spacial score (nSPS) is 12.4. The Hall–Kier alpha value is -1.90. The lowest BCUT2D eigenvalue weighted by atomic mass is 9.88. The predicted octanol–water partition coefficient (Wildman–Crippen LogP) is 4.82. The number of anilines is 1. The summed E-state index contributed by atoms with van der Waals surface area (Å²) in [6.45, 7) is 4.72. The molecule has 0 aliphatic rings. The third kappa shape index (κ3) is 3.35. The van der Waals surface area contributed by atoms with Gasteiger partial charge in [0.2, 0.25) is 0 Å². The summed E-state index contributed by atoms with van der Waals surface area (Å²) in [6.07, 6.45) is 0. The fourth-order valence-corrected chi connectivity index (χ4v) is 2.32. The van der Waals surface area contributed by atoms with Crippen LogP contribution in [0.5, 0.6) is 0 Å². The molecule has 2 aromatic carbocycles. The van der Waals surface area contributed by atoms with E-state index in [1.807, 2.05) is 30.3 Å². The standard InChI is InChI=1S/C17H19F2N/c1-12(2)14(13-7-4-3-5-8-13)11-20-17-15(18)9-6-10-16(17)19/h3-10,12,14,20H,11H2,1-2H3. The van der Waals surface area contributed by atoms with Crippen molar-refractivity contribution in [2.75, 3.05) is 11.9 Å². The molecule has 0 spiro atoms. The quantitative estimate of drug-likeness (QED) is 0.825. The highest BCUT2D eigenvalue weighted by Crippen LogP contribution is 2.26. The minimum Gasteiger partial charge on any atom is -0.380 e. The molecule has 2 aromatic rings. The molecule has 0 aromatic heterocycles. The van der Waals surface area contributed by atoms with Crippen LogP contribution in [0, 0.1) is 17.6 Å². The van der Waals surface area contributed by atoms with Crippen molar-refractivity contribution < 1.29 is 8.78 Å². The second-order valence-electron chi connectivity index (χ2n) is 5.24. The highest BCUT2D eigenvalue weighted by atomic mass is 19.1. The number of halogens is 2. The van der Waals surface area contributed by atoms with E-state index in [9.17, 15) is 8.78 Å². The molecule has 20 heavy (non-hydrogen) atoms. The van der Waals surface area contributed by atoms with E-state index in [0.717, 1.165) is 0 Å². The van der Waals surface area contributed by atoms with Gasteiger partial charge in [-0.05, 0) is 23.6 Å². The van der Waals surface area contributed by atoms with Gasteiger partial charge < -0.3 is 5.32 Å². The van der Waals surface area contributed by atoms with Gasteiger partial charge in [0.25, 0.3) is 0 Å². The van der Waals surface area contributed by atoms with E-state index in [4.69, 9.17) is 0 Å². The maximum atomic E-state index is 13.6. The van der Waals surface area contributed by atoms with Crippen LogP contribution in [0.2, 0.25) is 0 Å². The molecule has 0 aliphatic heterocycles. The zero-order valence-corrected chi connectivity index (χ0v) is 11.7. The number of benzene rings is 2. The highest BCUT2D eigenvalue weighted by molar-refractivity contribution is 5.46. The number of rotatable bonds is 5. The van der Waals surface area contributed by atoms with Crippen LogP contribution in [-0.4, -0.2) is 6.54 Å². The van der Waals surface area contributed by atoms with Gasteiger partial charge in [-0.25, -0.2) is 8.78 Å².